The molecular weight excluding hydrogens is 276 g/mol. The summed E-state index contributed by atoms with van der Waals surface area (Å²) >= 11 is 4.87. The molecule has 1 aromatic heterocycles. The Balaban J connectivity index is 2.09. The largest absolute Gasteiger partial charge is 0.495 e. The normalized spacial score (nSPS) is 10.1. The molecule has 0 radical (unpaired) electrons. The highest BCUT2D eigenvalue weighted by molar-refractivity contribution is 7.80. The van der Waals surface area contributed by atoms with Crippen LogP contribution in [0.15, 0.2) is 36.7 Å². The van der Waals surface area contributed by atoms with Crippen molar-refractivity contribution in [1.29, 1.82) is 0 Å². The first-order valence-corrected chi connectivity index (χ1v) is 6.26. The fourth-order valence-electron chi connectivity index (χ4n) is 1.75. The summed E-state index contributed by atoms with van der Waals surface area (Å²) in [6.07, 6.45) is 3.20. The second kappa shape index (κ2) is 6.16. The van der Waals surface area contributed by atoms with Crippen molar-refractivity contribution in [2.24, 2.45) is 5.73 Å². The molecule has 0 saturated heterocycles. The van der Waals surface area contributed by atoms with Gasteiger partial charge in [-0.3, -0.25) is 4.79 Å². The highest BCUT2D eigenvalue weighted by Gasteiger charge is 2.11. The molecule has 0 spiro atoms. The number of nitrogens with one attached hydrogen (secondary N) is 1. The number of imidazole rings is 1. The minimum Gasteiger partial charge on any atom is -0.495 e. The maximum atomic E-state index is 12.0. The third-order valence-corrected chi connectivity index (χ3v) is 2.81. The van der Waals surface area contributed by atoms with Crippen molar-refractivity contribution in [1.82, 2.24) is 9.55 Å². The summed E-state index contributed by atoms with van der Waals surface area (Å²) in [6, 6.07) is 7.18. The maximum Gasteiger partial charge on any atom is 0.244 e. The van der Waals surface area contributed by atoms with Crippen molar-refractivity contribution in [2.45, 2.75) is 6.54 Å². The molecule has 0 bridgehead atoms. The molecular formula is C13H14N4O2S. The Hall–Kier alpha value is -2.41. The van der Waals surface area contributed by atoms with Gasteiger partial charge in [0.25, 0.3) is 0 Å². The van der Waals surface area contributed by atoms with Crippen molar-refractivity contribution in [3.05, 3.63) is 42.5 Å². The van der Waals surface area contributed by atoms with Crippen molar-refractivity contribution in [3.63, 3.8) is 0 Å². The van der Waals surface area contributed by atoms with Gasteiger partial charge in [-0.2, -0.15) is 0 Å². The van der Waals surface area contributed by atoms with Crippen LogP contribution in [0.5, 0.6) is 5.75 Å². The average molecular weight is 290 g/mol. The number of carbonyl (C=O) groups is 1. The Bertz CT molecular complexity index is 639. The lowest BCUT2D eigenvalue weighted by atomic mass is 10.3. The van der Waals surface area contributed by atoms with Crippen LogP contribution in [0, 0.1) is 0 Å². The fraction of sp³-hybridized carbons (Fsp3) is 0.154. The van der Waals surface area contributed by atoms with Gasteiger partial charge in [-0.1, -0.05) is 24.4 Å². The van der Waals surface area contributed by atoms with E-state index in [4.69, 9.17) is 22.7 Å². The summed E-state index contributed by atoms with van der Waals surface area (Å²) in [6.45, 7) is 0.0741. The summed E-state index contributed by atoms with van der Waals surface area (Å²) < 4.78 is 6.76. The van der Waals surface area contributed by atoms with E-state index >= 15 is 0 Å². The molecule has 0 fully saturated rings. The number of ether oxygens (including phenoxy) is 1. The van der Waals surface area contributed by atoms with Crippen LogP contribution in [0.4, 0.5) is 5.69 Å². The minimum absolute atomic E-state index is 0.0741. The van der Waals surface area contributed by atoms with Crippen molar-refractivity contribution < 1.29 is 9.53 Å². The number of hydrogen-bond acceptors (Lipinski definition) is 4. The van der Waals surface area contributed by atoms with Gasteiger partial charge in [0.05, 0.1) is 12.8 Å². The van der Waals surface area contributed by atoms with Crippen LogP contribution in [-0.4, -0.2) is 27.6 Å². The number of nitrogens with two attached hydrogens (primary N) is 1. The average Bonchev–Trinajstić information content (AvgIpc) is 2.87. The molecule has 20 heavy (non-hydrogen) atoms. The molecule has 0 aliphatic heterocycles. The van der Waals surface area contributed by atoms with E-state index in [1.165, 1.54) is 0 Å². The van der Waals surface area contributed by atoms with E-state index < -0.39 is 0 Å². The highest BCUT2D eigenvalue weighted by atomic mass is 32.1. The van der Waals surface area contributed by atoms with E-state index in [1.807, 2.05) is 12.1 Å². The number of benzene rings is 1. The number of methoxy groups -OCH3 is 1. The standard InChI is InChI=1S/C13H14N4O2S/c1-19-10-5-3-2-4-9(10)16-11(18)8-17-7-6-15-13(17)12(14)20/h2-7H,8H2,1H3,(H2,14,20)(H,16,18). The van der Waals surface area contributed by atoms with Gasteiger partial charge in [0.2, 0.25) is 5.91 Å². The molecule has 0 saturated carbocycles. The molecule has 2 rings (SSSR count). The Morgan fingerprint density at radius 2 is 2.25 bits per heavy atom. The third kappa shape index (κ3) is 3.12. The number of amides is 1. The number of carbonyl (C=O) groups excluding carboxylic acids is 1. The van der Waals surface area contributed by atoms with E-state index in [2.05, 4.69) is 10.3 Å². The van der Waals surface area contributed by atoms with Crippen LogP contribution in [-0.2, 0) is 11.3 Å². The number of rotatable bonds is 5. The summed E-state index contributed by atoms with van der Waals surface area (Å²) in [5.74, 6) is 0.793. The number of hydrogen-bond donors (Lipinski definition) is 2. The van der Waals surface area contributed by atoms with Crippen LogP contribution in [0.25, 0.3) is 0 Å². The van der Waals surface area contributed by atoms with Gasteiger partial charge in [-0.15, -0.1) is 0 Å². The first-order valence-electron chi connectivity index (χ1n) is 5.85. The van der Waals surface area contributed by atoms with Gasteiger partial charge in [0.15, 0.2) is 5.82 Å². The molecule has 1 amide bonds. The molecule has 104 valence electrons. The molecule has 7 heteroatoms. The van der Waals surface area contributed by atoms with E-state index in [-0.39, 0.29) is 17.4 Å². The number of para-hydroxylation sites is 2. The van der Waals surface area contributed by atoms with Gasteiger partial charge < -0.3 is 20.4 Å². The van der Waals surface area contributed by atoms with Gasteiger partial charge in [0.1, 0.15) is 17.3 Å². The maximum absolute atomic E-state index is 12.0. The van der Waals surface area contributed by atoms with Crippen LogP contribution in [0.2, 0.25) is 0 Å². The number of aromatic nitrogens is 2. The van der Waals surface area contributed by atoms with E-state index in [1.54, 1.807) is 36.2 Å². The first kappa shape index (κ1) is 14.0. The topological polar surface area (TPSA) is 82.2 Å². The van der Waals surface area contributed by atoms with Crippen LogP contribution >= 0.6 is 12.2 Å². The van der Waals surface area contributed by atoms with E-state index in [0.29, 0.717) is 17.3 Å². The van der Waals surface area contributed by atoms with Gasteiger partial charge in [-0.05, 0) is 12.1 Å². The minimum atomic E-state index is -0.218. The van der Waals surface area contributed by atoms with E-state index in [0.717, 1.165) is 0 Å². The van der Waals surface area contributed by atoms with Gasteiger partial charge in [-0.25, -0.2) is 4.98 Å². The number of anilines is 1. The Labute approximate surface area is 121 Å². The second-order valence-electron chi connectivity index (χ2n) is 3.99. The monoisotopic (exact) mass is 290 g/mol. The lowest BCUT2D eigenvalue weighted by Crippen LogP contribution is -2.23. The van der Waals surface area contributed by atoms with Crippen molar-refractivity contribution >= 4 is 28.8 Å². The SMILES string of the molecule is COc1ccccc1NC(=O)Cn1ccnc1C(N)=S. The highest BCUT2D eigenvalue weighted by Crippen LogP contribution is 2.22. The summed E-state index contributed by atoms with van der Waals surface area (Å²) in [4.78, 5) is 16.2. The van der Waals surface area contributed by atoms with Crippen LogP contribution < -0.4 is 15.8 Å². The van der Waals surface area contributed by atoms with E-state index in [9.17, 15) is 4.79 Å². The van der Waals surface area contributed by atoms with Gasteiger partial charge >= 0.3 is 0 Å². The summed E-state index contributed by atoms with van der Waals surface area (Å²) in [5, 5.41) is 2.77. The summed E-state index contributed by atoms with van der Waals surface area (Å²) in [7, 11) is 1.55. The first-order chi connectivity index (χ1) is 9.61. The molecule has 1 aromatic carbocycles. The molecule has 0 atom stereocenters. The molecule has 0 aliphatic carbocycles. The molecule has 2 aromatic rings. The zero-order valence-corrected chi connectivity index (χ0v) is 11.7. The summed E-state index contributed by atoms with van der Waals surface area (Å²) in [5.41, 5.74) is 6.14. The fourth-order valence-corrected chi connectivity index (χ4v) is 1.92. The molecule has 1 heterocycles. The zero-order valence-electron chi connectivity index (χ0n) is 10.9. The molecule has 6 nitrogen and oxygen atoms in total. The predicted molar refractivity (Wildman–Crippen MR) is 79.7 cm³/mol. The van der Waals surface area contributed by atoms with Crippen molar-refractivity contribution in [3.8, 4) is 5.75 Å². The second-order valence-corrected chi connectivity index (χ2v) is 4.43. The molecule has 3 N–H and O–H groups in total. The quantitative estimate of drug-likeness (QED) is 0.808. The van der Waals surface area contributed by atoms with Gasteiger partial charge in [0, 0.05) is 12.4 Å². The predicted octanol–water partition coefficient (Wildman–Crippen LogP) is 1.16. The zero-order chi connectivity index (χ0) is 14.5. The number of nitrogens with zero attached hydrogens (tertiary/aromatic N) is 2. The Morgan fingerprint density at radius 3 is 2.95 bits per heavy atom. The molecule has 0 aliphatic rings. The molecule has 0 unspecified atom stereocenters. The Morgan fingerprint density at radius 1 is 1.50 bits per heavy atom. The Kier molecular flexibility index (Phi) is 4.31. The number of thiocarbonyl (C=S) groups is 1. The van der Waals surface area contributed by atoms with Crippen molar-refractivity contribution in [2.75, 3.05) is 12.4 Å². The smallest absolute Gasteiger partial charge is 0.244 e. The lowest BCUT2D eigenvalue weighted by molar-refractivity contribution is -0.116. The third-order valence-electron chi connectivity index (χ3n) is 2.63. The van der Waals surface area contributed by atoms with Crippen LogP contribution in [0.3, 0.4) is 0 Å². The van der Waals surface area contributed by atoms with Crippen LogP contribution in [0.1, 0.15) is 5.82 Å². The lowest BCUT2D eigenvalue weighted by Gasteiger charge is -2.11.